The molecule has 0 N–H and O–H groups in total. The smallest absolute Gasteiger partial charge is 0.224 e. The zero-order valence-corrected chi connectivity index (χ0v) is 9.70. The van der Waals surface area contributed by atoms with Crippen molar-refractivity contribution in [2.24, 2.45) is 0 Å². The zero-order chi connectivity index (χ0) is 11.7. The summed E-state index contributed by atoms with van der Waals surface area (Å²) in [6.07, 6.45) is 3.29. The third kappa shape index (κ3) is 2.06. The minimum atomic E-state index is -0.0595. The van der Waals surface area contributed by atoms with E-state index in [1.54, 1.807) is 13.0 Å². The van der Waals surface area contributed by atoms with E-state index in [1.807, 2.05) is 18.2 Å². The second-order valence-electron chi connectivity index (χ2n) is 4.07. The molecular formula is C14H14O2. The van der Waals surface area contributed by atoms with Crippen molar-refractivity contribution in [3.8, 4) is 0 Å². The Labute approximate surface area is 95.2 Å². The van der Waals surface area contributed by atoms with Gasteiger partial charge in [-0.25, -0.2) is 0 Å². The number of ether oxygens (including phenoxy) is 1. The fourth-order valence-corrected chi connectivity index (χ4v) is 1.62. The minimum absolute atomic E-state index is 0.0595. The molecule has 1 aliphatic rings. The molecule has 0 aliphatic carbocycles. The molecule has 0 fully saturated rings. The van der Waals surface area contributed by atoms with E-state index in [-0.39, 0.29) is 5.78 Å². The standard InChI is InChI=1S/C14H14O2/c1-9-4-5-12(6-10(9)2)8-14-13(15)7-11(3)16-14/h4-8H,1-3H3/b14-8-. The van der Waals surface area contributed by atoms with Gasteiger partial charge < -0.3 is 4.74 Å². The van der Waals surface area contributed by atoms with E-state index in [2.05, 4.69) is 13.8 Å². The van der Waals surface area contributed by atoms with Crippen LogP contribution in [0.25, 0.3) is 6.08 Å². The maximum Gasteiger partial charge on any atom is 0.224 e. The van der Waals surface area contributed by atoms with E-state index < -0.39 is 0 Å². The van der Waals surface area contributed by atoms with Crippen molar-refractivity contribution in [3.05, 3.63) is 52.5 Å². The second-order valence-corrected chi connectivity index (χ2v) is 4.07. The first-order valence-electron chi connectivity index (χ1n) is 5.26. The Morgan fingerprint density at radius 2 is 1.88 bits per heavy atom. The molecule has 0 bridgehead atoms. The van der Waals surface area contributed by atoms with Crippen LogP contribution in [0.4, 0.5) is 0 Å². The number of ketones is 1. The number of hydrogen-bond donors (Lipinski definition) is 0. The van der Waals surface area contributed by atoms with Crippen LogP contribution < -0.4 is 0 Å². The highest BCUT2D eigenvalue weighted by molar-refractivity contribution is 6.07. The Balaban J connectivity index is 2.31. The molecule has 0 atom stereocenters. The highest BCUT2D eigenvalue weighted by Crippen LogP contribution is 2.20. The molecule has 2 heteroatoms. The van der Waals surface area contributed by atoms with Crippen LogP contribution in [0.15, 0.2) is 35.8 Å². The maximum atomic E-state index is 11.5. The van der Waals surface area contributed by atoms with Crippen molar-refractivity contribution in [3.63, 3.8) is 0 Å². The molecule has 0 saturated heterocycles. The first kappa shape index (κ1) is 10.7. The molecule has 1 aromatic rings. The molecule has 82 valence electrons. The van der Waals surface area contributed by atoms with Crippen molar-refractivity contribution in [2.45, 2.75) is 20.8 Å². The van der Waals surface area contributed by atoms with E-state index >= 15 is 0 Å². The van der Waals surface area contributed by atoms with Crippen LogP contribution in [0.5, 0.6) is 0 Å². The lowest BCUT2D eigenvalue weighted by Gasteiger charge is -2.03. The Bertz CT molecular complexity index is 507. The van der Waals surface area contributed by atoms with Gasteiger partial charge in [-0.1, -0.05) is 18.2 Å². The topological polar surface area (TPSA) is 26.3 Å². The van der Waals surface area contributed by atoms with Crippen LogP contribution in [0.3, 0.4) is 0 Å². The Hall–Kier alpha value is -1.83. The van der Waals surface area contributed by atoms with Crippen molar-refractivity contribution in [1.29, 1.82) is 0 Å². The summed E-state index contributed by atoms with van der Waals surface area (Å²) in [5.41, 5.74) is 3.45. The quantitative estimate of drug-likeness (QED) is 0.671. The highest BCUT2D eigenvalue weighted by Gasteiger charge is 2.17. The van der Waals surface area contributed by atoms with Crippen LogP contribution in [0.2, 0.25) is 0 Å². The van der Waals surface area contributed by atoms with Crippen LogP contribution in [-0.2, 0) is 9.53 Å². The molecule has 0 spiro atoms. The highest BCUT2D eigenvalue weighted by atomic mass is 16.5. The molecule has 1 aromatic carbocycles. The second kappa shape index (κ2) is 3.97. The molecular weight excluding hydrogens is 200 g/mol. The lowest BCUT2D eigenvalue weighted by Crippen LogP contribution is -1.93. The van der Waals surface area contributed by atoms with Gasteiger partial charge in [-0.05, 0) is 43.5 Å². The first-order valence-corrected chi connectivity index (χ1v) is 5.26. The molecule has 16 heavy (non-hydrogen) atoms. The van der Waals surface area contributed by atoms with Crippen molar-refractivity contribution in [2.75, 3.05) is 0 Å². The molecule has 2 rings (SSSR count). The summed E-state index contributed by atoms with van der Waals surface area (Å²) in [5, 5.41) is 0. The van der Waals surface area contributed by atoms with Gasteiger partial charge in [0.15, 0.2) is 5.76 Å². The van der Waals surface area contributed by atoms with Crippen LogP contribution in [0.1, 0.15) is 23.6 Å². The lowest BCUT2D eigenvalue weighted by atomic mass is 10.1. The zero-order valence-electron chi connectivity index (χ0n) is 9.70. The maximum absolute atomic E-state index is 11.5. The summed E-state index contributed by atoms with van der Waals surface area (Å²) in [7, 11) is 0. The molecule has 1 heterocycles. The molecule has 2 nitrogen and oxygen atoms in total. The number of rotatable bonds is 1. The van der Waals surface area contributed by atoms with Gasteiger partial charge >= 0.3 is 0 Å². The predicted octanol–water partition coefficient (Wildman–Crippen LogP) is 3.15. The largest absolute Gasteiger partial charge is 0.458 e. The minimum Gasteiger partial charge on any atom is -0.458 e. The number of carbonyl (C=O) groups is 1. The fourth-order valence-electron chi connectivity index (χ4n) is 1.62. The van der Waals surface area contributed by atoms with E-state index in [9.17, 15) is 4.79 Å². The molecule has 0 amide bonds. The summed E-state index contributed by atoms with van der Waals surface area (Å²) in [6.45, 7) is 5.90. The number of carbonyl (C=O) groups excluding carboxylic acids is 1. The van der Waals surface area contributed by atoms with Gasteiger partial charge in [0.25, 0.3) is 0 Å². The average molecular weight is 214 g/mol. The van der Waals surface area contributed by atoms with Gasteiger partial charge in [-0.3, -0.25) is 4.79 Å². The van der Waals surface area contributed by atoms with E-state index in [4.69, 9.17) is 4.74 Å². The number of aryl methyl sites for hydroxylation is 2. The monoisotopic (exact) mass is 214 g/mol. The van der Waals surface area contributed by atoms with E-state index in [0.717, 1.165) is 5.56 Å². The van der Waals surface area contributed by atoms with Crippen molar-refractivity contribution in [1.82, 2.24) is 0 Å². The number of allylic oxidation sites excluding steroid dienone is 2. The summed E-state index contributed by atoms with van der Waals surface area (Å²) < 4.78 is 5.32. The van der Waals surface area contributed by atoms with Gasteiger partial charge in [-0.15, -0.1) is 0 Å². The summed E-state index contributed by atoms with van der Waals surface area (Å²) in [6, 6.07) is 6.08. The fraction of sp³-hybridized carbons (Fsp3) is 0.214. The first-order chi connectivity index (χ1) is 7.56. The van der Waals surface area contributed by atoms with E-state index in [1.165, 1.54) is 17.2 Å². The van der Waals surface area contributed by atoms with Crippen LogP contribution in [-0.4, -0.2) is 5.78 Å². The van der Waals surface area contributed by atoms with E-state index in [0.29, 0.717) is 11.5 Å². The van der Waals surface area contributed by atoms with Gasteiger partial charge in [0.05, 0.1) is 0 Å². The predicted molar refractivity (Wildman–Crippen MR) is 63.7 cm³/mol. The SMILES string of the molecule is CC1=CC(=O)/C(=C/c2ccc(C)c(C)c2)O1. The summed E-state index contributed by atoms with van der Waals surface area (Å²) in [5.74, 6) is 0.997. The van der Waals surface area contributed by atoms with Gasteiger partial charge in [-0.2, -0.15) is 0 Å². The molecule has 0 radical (unpaired) electrons. The number of hydrogen-bond acceptors (Lipinski definition) is 2. The van der Waals surface area contributed by atoms with Crippen molar-refractivity contribution < 1.29 is 9.53 Å². The van der Waals surface area contributed by atoms with Crippen LogP contribution >= 0.6 is 0 Å². The Kier molecular flexibility index (Phi) is 2.65. The molecule has 0 aromatic heterocycles. The third-order valence-electron chi connectivity index (χ3n) is 2.68. The molecule has 0 saturated carbocycles. The third-order valence-corrected chi connectivity index (χ3v) is 2.68. The number of benzene rings is 1. The lowest BCUT2D eigenvalue weighted by molar-refractivity contribution is -0.112. The summed E-state index contributed by atoms with van der Waals surface area (Å²) >= 11 is 0. The van der Waals surface area contributed by atoms with Gasteiger partial charge in [0.1, 0.15) is 5.76 Å². The van der Waals surface area contributed by atoms with Crippen molar-refractivity contribution >= 4 is 11.9 Å². The van der Waals surface area contributed by atoms with Gasteiger partial charge in [0.2, 0.25) is 5.78 Å². The van der Waals surface area contributed by atoms with Gasteiger partial charge in [0, 0.05) is 6.08 Å². The Morgan fingerprint density at radius 3 is 2.44 bits per heavy atom. The van der Waals surface area contributed by atoms with Crippen LogP contribution in [0, 0.1) is 13.8 Å². The molecule has 1 aliphatic heterocycles. The average Bonchev–Trinajstić information content (AvgIpc) is 2.51. The normalized spacial score (nSPS) is 17.6. The summed E-state index contributed by atoms with van der Waals surface area (Å²) in [4.78, 5) is 11.5. The molecule has 0 unspecified atom stereocenters. The Morgan fingerprint density at radius 1 is 1.12 bits per heavy atom.